The van der Waals surface area contributed by atoms with Gasteiger partial charge in [0.1, 0.15) is 6.54 Å². The summed E-state index contributed by atoms with van der Waals surface area (Å²) in [4.78, 5) is 12.2. The van der Waals surface area contributed by atoms with Crippen LogP contribution in [-0.2, 0) is 24.2 Å². The Hall–Kier alpha value is -2.70. The molecule has 6 heteroatoms. The zero-order valence-electron chi connectivity index (χ0n) is 15.5. The Labute approximate surface area is 169 Å². The fourth-order valence-corrected chi connectivity index (χ4v) is 4.33. The number of carboxylic acids is 1. The molecule has 4 rings (SSSR count). The highest BCUT2D eigenvalue weighted by molar-refractivity contribution is 7.80. The molecule has 3 N–H and O–H groups in total. The summed E-state index contributed by atoms with van der Waals surface area (Å²) in [6, 6.07) is 18.2. The Morgan fingerprint density at radius 1 is 1.18 bits per heavy atom. The van der Waals surface area contributed by atoms with E-state index in [4.69, 9.17) is 12.2 Å². The monoisotopic (exact) mass is 393 g/mol. The van der Waals surface area contributed by atoms with Gasteiger partial charge >= 0.3 is 5.97 Å². The average molecular weight is 394 g/mol. The van der Waals surface area contributed by atoms with Gasteiger partial charge in [-0.2, -0.15) is 0 Å². The number of nitrogens with zero attached hydrogens (tertiary/aromatic N) is 1. The van der Waals surface area contributed by atoms with Gasteiger partial charge in [-0.15, -0.1) is 0 Å². The van der Waals surface area contributed by atoms with Gasteiger partial charge in [0, 0.05) is 41.7 Å². The minimum Gasteiger partial charge on any atom is -0.480 e. The number of aromatic nitrogens is 1. The summed E-state index contributed by atoms with van der Waals surface area (Å²) >= 11 is 5.73. The second kappa shape index (κ2) is 8.12. The lowest BCUT2D eigenvalue weighted by Gasteiger charge is -2.27. The third kappa shape index (κ3) is 3.66. The van der Waals surface area contributed by atoms with E-state index in [1.807, 2.05) is 41.0 Å². The molecule has 1 atom stereocenters. The molecule has 0 bridgehead atoms. The fraction of sp³-hybridized carbons (Fsp3) is 0.273. The summed E-state index contributed by atoms with van der Waals surface area (Å²) in [5, 5.41) is 17.4. The van der Waals surface area contributed by atoms with E-state index in [0.29, 0.717) is 0 Å². The molecule has 144 valence electrons. The number of hydrogen-bond acceptors (Lipinski definition) is 3. The van der Waals surface area contributed by atoms with Gasteiger partial charge in [0.15, 0.2) is 0 Å². The van der Waals surface area contributed by atoms with E-state index in [-0.39, 0.29) is 12.6 Å². The SMILES string of the molecule is O=C(O)Cn1c2c(c3ccccc31)C(C(=S)NCCc1ccccc1)NCC2. The first-order valence-corrected chi connectivity index (χ1v) is 9.93. The molecule has 1 aliphatic heterocycles. The molecule has 2 heterocycles. The summed E-state index contributed by atoms with van der Waals surface area (Å²) in [5.74, 6) is -0.831. The number of rotatable bonds is 6. The van der Waals surface area contributed by atoms with Crippen LogP contribution < -0.4 is 10.6 Å². The van der Waals surface area contributed by atoms with E-state index in [9.17, 15) is 9.90 Å². The molecule has 0 spiro atoms. The summed E-state index contributed by atoms with van der Waals surface area (Å²) in [6.07, 6.45) is 1.70. The van der Waals surface area contributed by atoms with Crippen molar-refractivity contribution in [3.8, 4) is 0 Å². The molecule has 1 aliphatic rings. The smallest absolute Gasteiger partial charge is 0.323 e. The summed E-state index contributed by atoms with van der Waals surface area (Å²) < 4.78 is 1.92. The predicted molar refractivity (Wildman–Crippen MR) is 115 cm³/mol. The van der Waals surface area contributed by atoms with Crippen molar-refractivity contribution in [3.05, 3.63) is 71.4 Å². The molecule has 0 radical (unpaired) electrons. The number of aliphatic carboxylic acids is 1. The van der Waals surface area contributed by atoms with Crippen LogP contribution in [-0.4, -0.2) is 33.7 Å². The lowest BCUT2D eigenvalue weighted by atomic mass is 9.97. The zero-order chi connectivity index (χ0) is 19.5. The molecule has 2 aromatic carbocycles. The molecular weight excluding hydrogens is 370 g/mol. The van der Waals surface area contributed by atoms with Gasteiger partial charge in [0.25, 0.3) is 0 Å². The molecule has 0 saturated carbocycles. The van der Waals surface area contributed by atoms with Gasteiger partial charge < -0.3 is 20.3 Å². The second-order valence-corrected chi connectivity index (χ2v) is 7.46. The van der Waals surface area contributed by atoms with Crippen LogP contribution in [0.25, 0.3) is 10.9 Å². The van der Waals surface area contributed by atoms with E-state index in [1.54, 1.807) is 0 Å². The Bertz CT molecular complexity index is 1010. The Morgan fingerprint density at radius 2 is 1.93 bits per heavy atom. The minimum atomic E-state index is -0.831. The standard InChI is InChI=1S/C22H23N3O2S/c26-19(27)14-25-17-9-5-4-8-16(17)20-18(25)11-13-23-21(20)22(28)24-12-10-15-6-2-1-3-7-15/h1-9,21,23H,10-14H2,(H,24,28)(H,26,27). The second-order valence-electron chi connectivity index (χ2n) is 7.02. The molecule has 1 aromatic heterocycles. The highest BCUT2D eigenvalue weighted by Crippen LogP contribution is 2.34. The molecule has 0 amide bonds. The lowest BCUT2D eigenvalue weighted by Crippen LogP contribution is -2.41. The molecule has 3 aromatic rings. The first kappa shape index (κ1) is 18.7. The predicted octanol–water partition coefficient (Wildman–Crippen LogP) is 3.07. The third-order valence-electron chi connectivity index (χ3n) is 5.23. The number of benzene rings is 2. The highest BCUT2D eigenvalue weighted by atomic mass is 32.1. The van der Waals surface area contributed by atoms with E-state index in [2.05, 4.69) is 28.8 Å². The van der Waals surface area contributed by atoms with Crippen molar-refractivity contribution in [1.82, 2.24) is 15.2 Å². The number of carbonyl (C=O) groups is 1. The van der Waals surface area contributed by atoms with E-state index >= 15 is 0 Å². The Balaban J connectivity index is 1.59. The lowest BCUT2D eigenvalue weighted by molar-refractivity contribution is -0.137. The van der Waals surface area contributed by atoms with Crippen molar-refractivity contribution >= 4 is 34.1 Å². The van der Waals surface area contributed by atoms with E-state index in [0.717, 1.165) is 53.1 Å². The number of nitrogens with one attached hydrogen (secondary N) is 2. The van der Waals surface area contributed by atoms with Gasteiger partial charge in [-0.3, -0.25) is 4.79 Å². The summed E-state index contributed by atoms with van der Waals surface area (Å²) in [6.45, 7) is 1.51. The van der Waals surface area contributed by atoms with Crippen LogP contribution in [0.1, 0.15) is 22.9 Å². The number of thiocarbonyl (C=S) groups is 1. The molecule has 1 unspecified atom stereocenters. The van der Waals surface area contributed by atoms with Crippen LogP contribution in [0.3, 0.4) is 0 Å². The van der Waals surface area contributed by atoms with Crippen molar-refractivity contribution in [3.63, 3.8) is 0 Å². The van der Waals surface area contributed by atoms with Crippen molar-refractivity contribution in [2.75, 3.05) is 13.1 Å². The van der Waals surface area contributed by atoms with Crippen LogP contribution in [0, 0.1) is 0 Å². The molecule has 28 heavy (non-hydrogen) atoms. The van der Waals surface area contributed by atoms with Gasteiger partial charge in [-0.05, 0) is 18.1 Å². The van der Waals surface area contributed by atoms with E-state index < -0.39 is 5.97 Å². The van der Waals surface area contributed by atoms with E-state index in [1.165, 1.54) is 5.56 Å². The normalized spacial score (nSPS) is 15.9. The maximum atomic E-state index is 11.4. The molecule has 0 aliphatic carbocycles. The number of fused-ring (bicyclic) bond motifs is 3. The molecule has 0 saturated heterocycles. The summed E-state index contributed by atoms with van der Waals surface area (Å²) in [7, 11) is 0. The highest BCUT2D eigenvalue weighted by Gasteiger charge is 2.30. The van der Waals surface area contributed by atoms with Crippen molar-refractivity contribution in [2.45, 2.75) is 25.4 Å². The maximum Gasteiger partial charge on any atom is 0.323 e. The molecular formula is C22H23N3O2S. The van der Waals surface area contributed by atoms with Crippen molar-refractivity contribution in [1.29, 1.82) is 0 Å². The zero-order valence-corrected chi connectivity index (χ0v) is 16.3. The van der Waals surface area contributed by atoms with Gasteiger partial charge in [-0.25, -0.2) is 0 Å². The van der Waals surface area contributed by atoms with Crippen LogP contribution >= 0.6 is 12.2 Å². The minimum absolute atomic E-state index is 0.0310. The number of hydrogen-bond donors (Lipinski definition) is 3. The van der Waals surface area contributed by atoms with Crippen molar-refractivity contribution in [2.24, 2.45) is 0 Å². The first-order chi connectivity index (χ1) is 13.6. The average Bonchev–Trinajstić information content (AvgIpc) is 3.02. The summed E-state index contributed by atoms with van der Waals surface area (Å²) in [5.41, 5.74) is 4.41. The van der Waals surface area contributed by atoms with Crippen LogP contribution in [0.5, 0.6) is 0 Å². The third-order valence-corrected chi connectivity index (χ3v) is 5.61. The quantitative estimate of drug-likeness (QED) is 0.562. The first-order valence-electron chi connectivity index (χ1n) is 9.52. The molecule has 0 fully saturated rings. The van der Waals surface area contributed by atoms with Crippen molar-refractivity contribution < 1.29 is 9.90 Å². The Morgan fingerprint density at radius 3 is 2.71 bits per heavy atom. The molecule has 5 nitrogen and oxygen atoms in total. The number of para-hydroxylation sites is 1. The fourth-order valence-electron chi connectivity index (χ4n) is 4.03. The maximum absolute atomic E-state index is 11.4. The van der Waals surface area contributed by atoms with Gasteiger partial charge in [-0.1, -0.05) is 60.7 Å². The van der Waals surface area contributed by atoms with Gasteiger partial charge in [0.05, 0.1) is 11.0 Å². The topological polar surface area (TPSA) is 66.3 Å². The van der Waals surface area contributed by atoms with Gasteiger partial charge in [0.2, 0.25) is 0 Å². The number of carboxylic acid groups (broad SMARTS) is 1. The largest absolute Gasteiger partial charge is 0.480 e. The van der Waals surface area contributed by atoms with Crippen LogP contribution in [0.2, 0.25) is 0 Å². The van der Waals surface area contributed by atoms with Crippen LogP contribution in [0.15, 0.2) is 54.6 Å². The Kier molecular flexibility index (Phi) is 5.41. The van der Waals surface area contributed by atoms with Crippen LogP contribution in [0.4, 0.5) is 0 Å².